The zero-order valence-electron chi connectivity index (χ0n) is 16.9. The third-order valence-electron chi connectivity index (χ3n) is 5.54. The molecule has 0 N–H and O–H groups in total. The zero-order chi connectivity index (χ0) is 20.6. The Morgan fingerprint density at radius 3 is 2.31 bits per heavy atom. The molecule has 1 saturated heterocycles. The van der Waals surface area contributed by atoms with Crippen molar-refractivity contribution in [3.05, 3.63) is 65.2 Å². The molecule has 0 amide bonds. The van der Waals surface area contributed by atoms with Crippen molar-refractivity contribution in [1.82, 2.24) is 4.31 Å². The summed E-state index contributed by atoms with van der Waals surface area (Å²) in [5.41, 5.74) is 3.29. The van der Waals surface area contributed by atoms with Crippen molar-refractivity contribution in [3.63, 3.8) is 0 Å². The molecule has 0 unspecified atom stereocenters. The summed E-state index contributed by atoms with van der Waals surface area (Å²) in [5.74, 6) is 0. The molecular weight excluding hydrogens is 402 g/mol. The molecule has 1 spiro atoms. The fraction of sp³-hybridized carbons (Fsp3) is 0.364. The van der Waals surface area contributed by atoms with E-state index in [2.05, 4.69) is 0 Å². The summed E-state index contributed by atoms with van der Waals surface area (Å²) >= 11 is 1.60. The molecule has 29 heavy (non-hydrogen) atoms. The van der Waals surface area contributed by atoms with Crippen LogP contribution in [0, 0.1) is 13.8 Å². The maximum atomic E-state index is 13.2. The van der Waals surface area contributed by atoms with E-state index in [9.17, 15) is 8.42 Å². The summed E-state index contributed by atoms with van der Waals surface area (Å²) in [4.78, 5) is 10.3. The van der Waals surface area contributed by atoms with Gasteiger partial charge >= 0.3 is 0 Å². The molecule has 5 nitrogen and oxygen atoms in total. The molecule has 0 bridgehead atoms. The van der Waals surface area contributed by atoms with Gasteiger partial charge in [-0.25, -0.2) is 13.4 Å². The number of benzene rings is 2. The zero-order valence-corrected chi connectivity index (χ0v) is 18.6. The number of thioether (sulfide) groups is 1. The highest BCUT2D eigenvalue weighted by Crippen LogP contribution is 2.37. The molecule has 2 heterocycles. The summed E-state index contributed by atoms with van der Waals surface area (Å²) in [5, 5.41) is 0.932. The fourth-order valence-electron chi connectivity index (χ4n) is 3.99. The molecule has 7 heteroatoms. The van der Waals surface area contributed by atoms with Crippen LogP contribution in [0.5, 0.6) is 0 Å². The van der Waals surface area contributed by atoms with Crippen molar-refractivity contribution in [2.45, 2.75) is 37.2 Å². The topological polar surface area (TPSA) is 62.1 Å². The van der Waals surface area contributed by atoms with Gasteiger partial charge in [-0.1, -0.05) is 48.0 Å². The van der Waals surface area contributed by atoms with Crippen LogP contribution in [0.4, 0.5) is 0 Å². The van der Waals surface area contributed by atoms with Gasteiger partial charge in [0, 0.05) is 31.5 Å². The number of sulfonamides is 1. The lowest BCUT2D eigenvalue weighted by Gasteiger charge is -2.34. The minimum Gasteiger partial charge on any atom is -0.252 e. The van der Waals surface area contributed by atoms with E-state index in [-0.39, 0.29) is 0 Å². The minimum absolute atomic E-state index is 0.396. The Kier molecular flexibility index (Phi) is 5.40. The van der Waals surface area contributed by atoms with Gasteiger partial charge in [-0.3, -0.25) is 4.99 Å². The summed E-state index contributed by atoms with van der Waals surface area (Å²) in [6.07, 6.45) is 3.20. The number of piperidine rings is 1. The van der Waals surface area contributed by atoms with Gasteiger partial charge in [0.05, 0.1) is 10.6 Å². The van der Waals surface area contributed by atoms with Gasteiger partial charge in [-0.15, -0.1) is 11.8 Å². The van der Waals surface area contributed by atoms with E-state index >= 15 is 0 Å². The van der Waals surface area contributed by atoms with Crippen molar-refractivity contribution < 1.29 is 8.42 Å². The number of hydrogen-bond acceptors (Lipinski definition) is 5. The Morgan fingerprint density at radius 2 is 1.69 bits per heavy atom. The number of aryl methyl sites for hydroxylation is 2. The Morgan fingerprint density at radius 1 is 1.00 bits per heavy atom. The first-order valence-corrected chi connectivity index (χ1v) is 12.4. The van der Waals surface area contributed by atoms with Crippen molar-refractivity contribution >= 4 is 32.5 Å². The van der Waals surface area contributed by atoms with Gasteiger partial charge in [0.2, 0.25) is 10.0 Å². The lowest BCUT2D eigenvalue weighted by atomic mass is 10.00. The van der Waals surface area contributed by atoms with Crippen LogP contribution in [-0.2, 0) is 10.0 Å². The summed E-state index contributed by atoms with van der Waals surface area (Å²) in [7, 11) is -3.51. The Hall–Kier alpha value is -1.96. The number of nitrogens with zero attached hydrogens (tertiary/aromatic N) is 3. The Labute approximate surface area is 177 Å². The lowest BCUT2D eigenvalue weighted by molar-refractivity contribution is 0.249. The predicted molar refractivity (Wildman–Crippen MR) is 121 cm³/mol. The normalized spacial score (nSPS) is 19.3. The molecule has 1 fully saturated rings. The monoisotopic (exact) mass is 427 g/mol. The van der Waals surface area contributed by atoms with E-state index in [1.165, 1.54) is 0 Å². The second-order valence-electron chi connectivity index (χ2n) is 7.60. The number of aliphatic imine (C=N–C) groups is 2. The highest BCUT2D eigenvalue weighted by atomic mass is 32.2. The van der Waals surface area contributed by atoms with Gasteiger partial charge in [-0.2, -0.15) is 4.31 Å². The molecule has 2 aliphatic rings. The van der Waals surface area contributed by atoms with Crippen LogP contribution in [0.15, 0.2) is 63.4 Å². The van der Waals surface area contributed by atoms with Crippen LogP contribution >= 0.6 is 11.8 Å². The molecule has 0 aliphatic carbocycles. The highest BCUT2D eigenvalue weighted by Gasteiger charge is 2.42. The first-order chi connectivity index (χ1) is 13.8. The van der Waals surface area contributed by atoms with Gasteiger partial charge in [0.25, 0.3) is 0 Å². The molecule has 0 aromatic heterocycles. The second-order valence-corrected chi connectivity index (χ2v) is 10.3. The maximum Gasteiger partial charge on any atom is 0.243 e. The van der Waals surface area contributed by atoms with E-state index in [0.29, 0.717) is 30.8 Å². The van der Waals surface area contributed by atoms with Gasteiger partial charge in [-0.05, 0) is 31.7 Å². The van der Waals surface area contributed by atoms with Crippen molar-refractivity contribution in [2.24, 2.45) is 9.98 Å². The first-order valence-electron chi connectivity index (χ1n) is 9.72. The smallest absolute Gasteiger partial charge is 0.243 e. The first kappa shape index (κ1) is 20.3. The van der Waals surface area contributed by atoms with E-state index in [1.807, 2.05) is 62.6 Å². The van der Waals surface area contributed by atoms with Gasteiger partial charge < -0.3 is 0 Å². The van der Waals surface area contributed by atoms with Crippen molar-refractivity contribution in [1.29, 1.82) is 0 Å². The maximum absolute atomic E-state index is 13.2. The van der Waals surface area contributed by atoms with Crippen LogP contribution < -0.4 is 0 Å². The number of rotatable bonds is 3. The summed E-state index contributed by atoms with van der Waals surface area (Å²) in [6, 6.07) is 15.6. The molecule has 2 aromatic rings. The molecular formula is C22H25N3O2S2. The van der Waals surface area contributed by atoms with Crippen LogP contribution in [0.25, 0.3) is 0 Å². The second kappa shape index (κ2) is 7.70. The average Bonchev–Trinajstić information content (AvgIpc) is 3.07. The fourth-order valence-corrected chi connectivity index (χ4v) is 6.25. The Balaban J connectivity index is 1.58. The third-order valence-corrected chi connectivity index (χ3v) is 8.27. The van der Waals surface area contributed by atoms with Gasteiger partial charge in [0.1, 0.15) is 5.04 Å². The van der Waals surface area contributed by atoms with Crippen molar-refractivity contribution in [3.8, 4) is 0 Å². The van der Waals surface area contributed by atoms with Crippen molar-refractivity contribution in [2.75, 3.05) is 19.3 Å². The average molecular weight is 428 g/mol. The summed E-state index contributed by atoms with van der Waals surface area (Å²) in [6.45, 7) is 4.67. The Bertz CT molecular complexity index is 1080. The highest BCUT2D eigenvalue weighted by molar-refractivity contribution is 8.15. The standard InChI is InChI=1S/C22H25N3O2S2/c1-16-9-10-19(17(2)15-16)29(26,27)25-13-11-22(12-14-25)23-20(21(24-22)28-3)18-7-5-4-6-8-18/h4-10,15H,11-14H2,1-3H3. The molecule has 0 atom stereocenters. The molecule has 0 saturated carbocycles. The van der Waals surface area contributed by atoms with Crippen LogP contribution in [0.2, 0.25) is 0 Å². The van der Waals surface area contributed by atoms with Crippen LogP contribution in [0.3, 0.4) is 0 Å². The lowest BCUT2D eigenvalue weighted by Crippen LogP contribution is -2.44. The third kappa shape index (κ3) is 3.79. The van der Waals surface area contributed by atoms with E-state index in [1.54, 1.807) is 22.1 Å². The SMILES string of the molecule is CSC1=NC2(CCN(S(=O)(=O)c3ccc(C)cc3C)CC2)N=C1c1ccccc1. The molecule has 4 rings (SSSR count). The molecule has 2 aliphatic heterocycles. The van der Waals surface area contributed by atoms with Crippen LogP contribution in [0.1, 0.15) is 29.5 Å². The largest absolute Gasteiger partial charge is 0.252 e. The van der Waals surface area contributed by atoms with E-state index in [0.717, 1.165) is 27.4 Å². The predicted octanol–water partition coefficient (Wildman–Crippen LogP) is 4.05. The quantitative estimate of drug-likeness (QED) is 0.742. The van der Waals surface area contributed by atoms with E-state index in [4.69, 9.17) is 9.98 Å². The van der Waals surface area contributed by atoms with Gasteiger partial charge in [0.15, 0.2) is 5.66 Å². The minimum atomic E-state index is -3.51. The van der Waals surface area contributed by atoms with E-state index < -0.39 is 15.7 Å². The summed E-state index contributed by atoms with van der Waals surface area (Å²) < 4.78 is 27.9. The molecule has 2 aromatic carbocycles. The van der Waals surface area contributed by atoms with Crippen LogP contribution in [-0.4, -0.2) is 48.5 Å². The number of hydrogen-bond donors (Lipinski definition) is 0. The molecule has 0 radical (unpaired) electrons. The molecule has 152 valence electrons.